The molecule has 0 fully saturated rings. The van der Waals surface area contributed by atoms with Gasteiger partial charge < -0.3 is 27.9 Å². The first kappa shape index (κ1) is 51.5. The highest BCUT2D eigenvalue weighted by molar-refractivity contribution is 7.45. The average molecular weight is 772 g/mol. The SMILES string of the molecule is CCCCCCC/C=C/CCCCCCCC(=O)O[C@H](COC(=O)CCCCCCC/C=C/CCCCCCCC)COP(=O)([O-])OCC[N+](C)(C)C. The van der Waals surface area contributed by atoms with Crippen LogP contribution >= 0.6 is 7.82 Å². The number of phosphoric ester groups is 1. The molecule has 53 heavy (non-hydrogen) atoms. The summed E-state index contributed by atoms with van der Waals surface area (Å²) in [6.07, 6.45) is 37.7. The highest BCUT2D eigenvalue weighted by Crippen LogP contribution is 2.38. The van der Waals surface area contributed by atoms with E-state index in [1.54, 1.807) is 0 Å². The summed E-state index contributed by atoms with van der Waals surface area (Å²) in [7, 11) is 1.16. The molecule has 2 atom stereocenters. The van der Waals surface area contributed by atoms with Crippen molar-refractivity contribution in [2.24, 2.45) is 0 Å². The molecule has 9 nitrogen and oxygen atoms in total. The van der Waals surface area contributed by atoms with Gasteiger partial charge in [0.2, 0.25) is 0 Å². The lowest BCUT2D eigenvalue weighted by Crippen LogP contribution is -2.37. The van der Waals surface area contributed by atoms with E-state index in [-0.39, 0.29) is 26.1 Å². The molecule has 312 valence electrons. The van der Waals surface area contributed by atoms with Crippen molar-refractivity contribution >= 4 is 19.8 Å². The molecule has 0 radical (unpaired) electrons. The van der Waals surface area contributed by atoms with Gasteiger partial charge in [0.05, 0.1) is 27.7 Å². The van der Waals surface area contributed by atoms with Gasteiger partial charge in [-0.25, -0.2) is 0 Å². The van der Waals surface area contributed by atoms with Crippen molar-refractivity contribution < 1.29 is 42.1 Å². The van der Waals surface area contributed by atoms with E-state index < -0.39 is 32.5 Å². The second-order valence-corrected chi connectivity index (χ2v) is 17.1. The van der Waals surface area contributed by atoms with Gasteiger partial charge in [-0.3, -0.25) is 14.2 Å². The highest BCUT2D eigenvalue weighted by Gasteiger charge is 2.21. The van der Waals surface area contributed by atoms with Crippen molar-refractivity contribution in [3.8, 4) is 0 Å². The Kier molecular flexibility index (Phi) is 35.1. The molecule has 10 heteroatoms. The number of hydrogen-bond donors (Lipinski definition) is 0. The Morgan fingerprint density at radius 3 is 1.40 bits per heavy atom. The van der Waals surface area contributed by atoms with Crippen molar-refractivity contribution in [1.29, 1.82) is 0 Å². The molecule has 0 aromatic rings. The standard InChI is InChI=1S/C43H82NO8P/c1-6-8-10-12-14-16-18-20-22-24-25-27-29-31-33-35-42(45)49-39-41(40-51-53(47,48)50-38-37-44(3,4)5)52-43(46)36-34-32-30-28-26-23-21-19-17-15-13-11-9-7-2/h19-22,41H,6-18,23-40H2,1-5H3/b21-19+,22-20+/t41-/m1/s1. The van der Waals surface area contributed by atoms with Crippen LogP contribution in [0.2, 0.25) is 0 Å². The molecule has 0 saturated carbocycles. The largest absolute Gasteiger partial charge is 0.756 e. The number of allylic oxidation sites excluding steroid dienone is 4. The molecule has 0 aliphatic heterocycles. The van der Waals surface area contributed by atoms with Crippen LogP contribution < -0.4 is 4.89 Å². The summed E-state index contributed by atoms with van der Waals surface area (Å²) in [6.45, 7) is 4.19. The van der Waals surface area contributed by atoms with Crippen LogP contribution in [0.3, 0.4) is 0 Å². The molecule has 0 aromatic carbocycles. The number of carbonyl (C=O) groups excluding carboxylic acids is 2. The van der Waals surface area contributed by atoms with Gasteiger partial charge in [0.1, 0.15) is 19.8 Å². The predicted octanol–water partition coefficient (Wildman–Crippen LogP) is 11.3. The van der Waals surface area contributed by atoms with Crippen LogP contribution in [-0.2, 0) is 32.7 Å². The second-order valence-electron chi connectivity index (χ2n) is 15.7. The van der Waals surface area contributed by atoms with Crippen molar-refractivity contribution in [2.45, 2.75) is 193 Å². The van der Waals surface area contributed by atoms with E-state index in [0.717, 1.165) is 70.6 Å². The Balaban J connectivity index is 4.39. The Morgan fingerprint density at radius 2 is 0.962 bits per heavy atom. The lowest BCUT2D eigenvalue weighted by atomic mass is 10.1. The van der Waals surface area contributed by atoms with Crippen LogP contribution in [-0.4, -0.2) is 70.0 Å². The number of rotatable bonds is 39. The average Bonchev–Trinajstić information content (AvgIpc) is 3.10. The minimum atomic E-state index is -4.62. The number of quaternary nitrogens is 1. The highest BCUT2D eigenvalue weighted by atomic mass is 31.2. The van der Waals surface area contributed by atoms with E-state index in [0.29, 0.717) is 17.4 Å². The summed E-state index contributed by atoms with van der Waals surface area (Å²) in [5, 5.41) is 0. The van der Waals surface area contributed by atoms with Gasteiger partial charge in [0, 0.05) is 12.8 Å². The maximum Gasteiger partial charge on any atom is 0.306 e. The molecule has 0 saturated heterocycles. The van der Waals surface area contributed by atoms with Gasteiger partial charge in [-0.2, -0.15) is 0 Å². The maximum atomic E-state index is 12.6. The summed E-state index contributed by atoms with van der Waals surface area (Å²) < 4.78 is 33.8. The van der Waals surface area contributed by atoms with Gasteiger partial charge in [0.15, 0.2) is 6.10 Å². The monoisotopic (exact) mass is 772 g/mol. The summed E-state index contributed by atoms with van der Waals surface area (Å²) in [6, 6.07) is 0. The summed E-state index contributed by atoms with van der Waals surface area (Å²) >= 11 is 0. The summed E-state index contributed by atoms with van der Waals surface area (Å²) in [4.78, 5) is 37.5. The van der Waals surface area contributed by atoms with Crippen molar-refractivity contribution in [3.63, 3.8) is 0 Å². The first-order chi connectivity index (χ1) is 25.5. The molecular weight excluding hydrogens is 689 g/mol. The lowest BCUT2D eigenvalue weighted by molar-refractivity contribution is -0.870. The first-order valence-corrected chi connectivity index (χ1v) is 23.0. The molecule has 0 heterocycles. The molecular formula is C43H82NO8P. The number of unbranched alkanes of at least 4 members (excludes halogenated alkanes) is 21. The van der Waals surface area contributed by atoms with E-state index in [9.17, 15) is 19.0 Å². The first-order valence-electron chi connectivity index (χ1n) is 21.5. The topological polar surface area (TPSA) is 111 Å². The fourth-order valence-corrected chi connectivity index (χ4v) is 6.49. The van der Waals surface area contributed by atoms with E-state index in [1.807, 2.05) is 21.1 Å². The van der Waals surface area contributed by atoms with E-state index in [2.05, 4.69) is 38.2 Å². The Morgan fingerprint density at radius 1 is 0.566 bits per heavy atom. The summed E-state index contributed by atoms with van der Waals surface area (Å²) in [5.41, 5.74) is 0. The van der Waals surface area contributed by atoms with Crippen LogP contribution in [0.25, 0.3) is 0 Å². The predicted molar refractivity (Wildman–Crippen MR) is 218 cm³/mol. The van der Waals surface area contributed by atoms with E-state index >= 15 is 0 Å². The fourth-order valence-electron chi connectivity index (χ4n) is 5.76. The number of likely N-dealkylation sites (N-methyl/N-ethyl adjacent to an activating group) is 1. The number of hydrogen-bond acceptors (Lipinski definition) is 8. The molecule has 0 amide bonds. The molecule has 0 rings (SSSR count). The van der Waals surface area contributed by atoms with Gasteiger partial charge in [-0.15, -0.1) is 0 Å². The molecule has 0 N–H and O–H groups in total. The van der Waals surface area contributed by atoms with Crippen LogP contribution in [0.4, 0.5) is 0 Å². The van der Waals surface area contributed by atoms with Crippen molar-refractivity contribution in [3.05, 3.63) is 24.3 Å². The third kappa shape index (κ3) is 40.0. The number of nitrogens with zero attached hydrogens (tertiary/aromatic N) is 1. The number of esters is 2. The van der Waals surface area contributed by atoms with Gasteiger partial charge >= 0.3 is 11.9 Å². The zero-order valence-corrected chi connectivity index (χ0v) is 35.9. The second kappa shape index (κ2) is 36.1. The zero-order valence-electron chi connectivity index (χ0n) is 35.0. The Bertz CT molecular complexity index is 964. The Labute approximate surface area is 326 Å². The number of ether oxygens (including phenoxy) is 2. The number of phosphoric acid groups is 1. The smallest absolute Gasteiger partial charge is 0.306 e. The van der Waals surface area contributed by atoms with Crippen molar-refractivity contribution in [1.82, 2.24) is 0 Å². The van der Waals surface area contributed by atoms with Crippen LogP contribution in [0.5, 0.6) is 0 Å². The minimum absolute atomic E-state index is 0.0327. The van der Waals surface area contributed by atoms with Gasteiger partial charge in [-0.05, 0) is 64.2 Å². The summed E-state index contributed by atoms with van der Waals surface area (Å²) in [5.74, 6) is -0.851. The fraction of sp³-hybridized carbons (Fsp3) is 0.860. The van der Waals surface area contributed by atoms with Crippen LogP contribution in [0.15, 0.2) is 24.3 Å². The zero-order chi connectivity index (χ0) is 39.3. The van der Waals surface area contributed by atoms with Crippen LogP contribution in [0, 0.1) is 0 Å². The minimum Gasteiger partial charge on any atom is -0.756 e. The molecule has 0 aliphatic carbocycles. The van der Waals surface area contributed by atoms with Crippen molar-refractivity contribution in [2.75, 3.05) is 47.5 Å². The van der Waals surface area contributed by atoms with E-state index in [4.69, 9.17) is 18.5 Å². The maximum absolute atomic E-state index is 12.6. The molecule has 1 unspecified atom stereocenters. The van der Waals surface area contributed by atoms with Crippen LogP contribution in [0.1, 0.15) is 187 Å². The van der Waals surface area contributed by atoms with E-state index in [1.165, 1.54) is 83.5 Å². The lowest BCUT2D eigenvalue weighted by Gasteiger charge is -2.28. The quantitative estimate of drug-likeness (QED) is 0.0200. The molecule has 0 spiro atoms. The van der Waals surface area contributed by atoms with Gasteiger partial charge in [-0.1, -0.05) is 134 Å². The third-order valence-electron chi connectivity index (χ3n) is 9.19. The van der Waals surface area contributed by atoms with Gasteiger partial charge in [0.25, 0.3) is 7.82 Å². The molecule has 0 aromatic heterocycles. The molecule has 0 bridgehead atoms. The third-order valence-corrected chi connectivity index (χ3v) is 10.2. The number of carbonyl (C=O) groups is 2. The normalized spacial score (nSPS) is 13.8. The molecule has 0 aliphatic rings. The Hall–Kier alpha value is -1.51.